The summed E-state index contributed by atoms with van der Waals surface area (Å²) in [5, 5.41) is 2.39. The van der Waals surface area contributed by atoms with Crippen molar-refractivity contribution in [1.29, 1.82) is 0 Å². The maximum Gasteiger partial charge on any atom is 0.350 e. The zero-order valence-electron chi connectivity index (χ0n) is 17.1. The molecule has 2 aromatic rings. The predicted molar refractivity (Wildman–Crippen MR) is 117 cm³/mol. The molecule has 0 aliphatic heterocycles. The standard InChI is InChI=1S/C18H22N4O5S3/c1-6-27-16(24)14-11(2)22(5)18(29-14)20-17(28)19-15(23)12-7-9-13(10-8-12)30(25,26)21(3)4/h7-10H,6H2,1-5H3,(H,19,23,28). The van der Waals surface area contributed by atoms with Crippen LogP contribution >= 0.6 is 23.6 Å². The van der Waals surface area contributed by atoms with Gasteiger partial charge in [0.1, 0.15) is 4.88 Å². The van der Waals surface area contributed by atoms with Crippen molar-refractivity contribution < 1.29 is 22.7 Å². The van der Waals surface area contributed by atoms with Crippen LogP contribution in [0.2, 0.25) is 0 Å². The Morgan fingerprint density at radius 2 is 1.87 bits per heavy atom. The van der Waals surface area contributed by atoms with E-state index in [9.17, 15) is 18.0 Å². The molecular weight excluding hydrogens is 448 g/mol. The molecule has 0 bridgehead atoms. The Balaban J connectivity index is 2.20. The van der Waals surface area contributed by atoms with Crippen LogP contribution in [0, 0.1) is 6.92 Å². The summed E-state index contributed by atoms with van der Waals surface area (Å²) in [6.45, 7) is 3.74. The predicted octanol–water partition coefficient (Wildman–Crippen LogP) is 1.44. The van der Waals surface area contributed by atoms with E-state index in [4.69, 9.17) is 17.0 Å². The van der Waals surface area contributed by atoms with E-state index < -0.39 is 21.9 Å². The number of carbonyl (C=O) groups is 2. The summed E-state index contributed by atoms with van der Waals surface area (Å²) < 4.78 is 32.0. The number of aromatic nitrogens is 1. The third kappa shape index (κ3) is 5.19. The third-order valence-corrected chi connectivity index (χ3v) is 7.32. The van der Waals surface area contributed by atoms with E-state index in [1.54, 1.807) is 25.5 Å². The van der Waals surface area contributed by atoms with Crippen molar-refractivity contribution in [3.8, 4) is 0 Å². The average Bonchev–Trinajstić information content (AvgIpc) is 2.96. The minimum Gasteiger partial charge on any atom is -0.462 e. The molecule has 0 unspecified atom stereocenters. The van der Waals surface area contributed by atoms with E-state index in [0.29, 0.717) is 15.4 Å². The summed E-state index contributed by atoms with van der Waals surface area (Å²) in [6, 6.07) is 5.47. The molecule has 0 saturated carbocycles. The first-order chi connectivity index (χ1) is 14.0. The number of nitrogens with one attached hydrogen (secondary N) is 1. The smallest absolute Gasteiger partial charge is 0.350 e. The van der Waals surface area contributed by atoms with Crippen LogP contribution < -0.4 is 10.1 Å². The van der Waals surface area contributed by atoms with Crippen molar-refractivity contribution in [1.82, 2.24) is 14.2 Å². The molecule has 1 amide bonds. The number of thiocarbonyl (C=S) groups is 1. The molecule has 2 rings (SSSR count). The fourth-order valence-corrected chi connectivity index (χ4v) is 4.45. The first-order valence-electron chi connectivity index (χ1n) is 8.75. The molecule has 0 saturated heterocycles. The van der Waals surface area contributed by atoms with Crippen LogP contribution in [0.25, 0.3) is 0 Å². The number of carbonyl (C=O) groups excluding carboxylic acids is 2. The Morgan fingerprint density at radius 1 is 1.27 bits per heavy atom. The van der Waals surface area contributed by atoms with Crippen LogP contribution in [0.15, 0.2) is 34.2 Å². The SMILES string of the molecule is CCOC(=O)c1sc(=NC(=S)NC(=O)c2ccc(S(=O)(=O)N(C)C)cc2)n(C)c1C. The number of nitrogens with zero attached hydrogens (tertiary/aromatic N) is 3. The molecule has 0 spiro atoms. The van der Waals surface area contributed by atoms with Gasteiger partial charge in [-0.25, -0.2) is 17.5 Å². The Morgan fingerprint density at radius 3 is 2.40 bits per heavy atom. The molecule has 12 heteroatoms. The van der Waals surface area contributed by atoms with Crippen LogP contribution in [-0.2, 0) is 21.8 Å². The molecule has 1 N–H and O–H groups in total. The molecule has 9 nitrogen and oxygen atoms in total. The van der Waals surface area contributed by atoms with Crippen molar-refractivity contribution in [2.45, 2.75) is 18.7 Å². The molecule has 0 radical (unpaired) electrons. The highest BCUT2D eigenvalue weighted by Crippen LogP contribution is 2.14. The summed E-state index contributed by atoms with van der Waals surface area (Å²) in [5.74, 6) is -0.973. The van der Waals surface area contributed by atoms with E-state index in [1.807, 2.05) is 0 Å². The summed E-state index contributed by atoms with van der Waals surface area (Å²) in [7, 11) is 0.993. The number of rotatable bonds is 5. The molecule has 0 aliphatic rings. The van der Waals surface area contributed by atoms with Crippen LogP contribution in [0.3, 0.4) is 0 Å². The van der Waals surface area contributed by atoms with Gasteiger partial charge >= 0.3 is 5.97 Å². The van der Waals surface area contributed by atoms with E-state index >= 15 is 0 Å². The molecule has 1 aromatic heterocycles. The number of hydrogen-bond acceptors (Lipinski definition) is 7. The topological polar surface area (TPSA) is 110 Å². The van der Waals surface area contributed by atoms with E-state index in [0.717, 1.165) is 15.6 Å². The van der Waals surface area contributed by atoms with Gasteiger partial charge in [0.25, 0.3) is 5.91 Å². The summed E-state index contributed by atoms with van der Waals surface area (Å²) in [6.07, 6.45) is 0. The van der Waals surface area contributed by atoms with Gasteiger partial charge < -0.3 is 9.30 Å². The van der Waals surface area contributed by atoms with E-state index in [-0.39, 0.29) is 22.2 Å². The van der Waals surface area contributed by atoms with Gasteiger partial charge in [0.2, 0.25) is 15.1 Å². The maximum atomic E-state index is 12.4. The van der Waals surface area contributed by atoms with Crippen LogP contribution in [-0.4, -0.2) is 55.0 Å². The van der Waals surface area contributed by atoms with E-state index in [1.165, 1.54) is 38.4 Å². The van der Waals surface area contributed by atoms with Gasteiger partial charge in [0.15, 0.2) is 4.80 Å². The first kappa shape index (κ1) is 23.9. The Kier molecular flexibility index (Phi) is 7.64. The molecule has 30 heavy (non-hydrogen) atoms. The summed E-state index contributed by atoms with van der Waals surface area (Å²) >= 11 is 6.24. The average molecular weight is 471 g/mol. The minimum absolute atomic E-state index is 0.0731. The Bertz CT molecular complexity index is 1150. The zero-order chi connectivity index (χ0) is 22.6. The summed E-state index contributed by atoms with van der Waals surface area (Å²) in [4.78, 5) is 29.5. The molecule has 0 fully saturated rings. The van der Waals surface area contributed by atoms with Gasteiger partial charge in [-0.3, -0.25) is 10.1 Å². The van der Waals surface area contributed by atoms with Gasteiger partial charge in [-0.05, 0) is 50.3 Å². The quantitative estimate of drug-likeness (QED) is 0.523. The largest absolute Gasteiger partial charge is 0.462 e. The number of benzene rings is 1. The normalized spacial score (nSPS) is 12.1. The second-order valence-electron chi connectivity index (χ2n) is 6.26. The fraction of sp³-hybridized carbons (Fsp3) is 0.333. The van der Waals surface area contributed by atoms with Crippen molar-refractivity contribution in [2.75, 3.05) is 20.7 Å². The van der Waals surface area contributed by atoms with Crippen molar-refractivity contribution in [2.24, 2.45) is 12.0 Å². The highest BCUT2D eigenvalue weighted by atomic mass is 32.2. The number of hydrogen-bond donors (Lipinski definition) is 1. The van der Waals surface area contributed by atoms with Gasteiger partial charge in [-0.2, -0.15) is 4.99 Å². The molecule has 0 atom stereocenters. The molecule has 0 aliphatic carbocycles. The zero-order valence-corrected chi connectivity index (χ0v) is 19.6. The van der Waals surface area contributed by atoms with Gasteiger partial charge in [0.05, 0.1) is 11.5 Å². The highest BCUT2D eigenvalue weighted by Gasteiger charge is 2.18. The molecule has 1 aromatic carbocycles. The Hall–Kier alpha value is -2.41. The fourth-order valence-electron chi connectivity index (χ4n) is 2.29. The van der Waals surface area contributed by atoms with Crippen LogP contribution in [0.1, 0.15) is 32.6 Å². The number of thiazole rings is 1. The van der Waals surface area contributed by atoms with Crippen molar-refractivity contribution in [3.05, 3.63) is 45.2 Å². The third-order valence-electron chi connectivity index (χ3n) is 4.09. The lowest BCUT2D eigenvalue weighted by Gasteiger charge is -2.11. The second kappa shape index (κ2) is 9.60. The lowest BCUT2D eigenvalue weighted by molar-refractivity contribution is 0.0530. The number of ether oxygens (including phenoxy) is 1. The van der Waals surface area contributed by atoms with Gasteiger partial charge in [0, 0.05) is 32.4 Å². The molecule has 1 heterocycles. The maximum absolute atomic E-state index is 12.4. The second-order valence-corrected chi connectivity index (χ2v) is 9.78. The van der Waals surface area contributed by atoms with Crippen molar-refractivity contribution in [3.63, 3.8) is 0 Å². The number of sulfonamides is 1. The lowest BCUT2D eigenvalue weighted by Crippen LogP contribution is -2.30. The highest BCUT2D eigenvalue weighted by molar-refractivity contribution is 7.89. The Labute approximate surface area is 184 Å². The number of amides is 1. The van der Waals surface area contributed by atoms with Gasteiger partial charge in [-0.15, -0.1) is 0 Å². The molecule has 162 valence electrons. The monoisotopic (exact) mass is 470 g/mol. The molecular formula is C18H22N4O5S3. The van der Waals surface area contributed by atoms with Gasteiger partial charge in [-0.1, -0.05) is 11.3 Å². The van der Waals surface area contributed by atoms with E-state index in [2.05, 4.69) is 10.3 Å². The lowest BCUT2D eigenvalue weighted by atomic mass is 10.2. The van der Waals surface area contributed by atoms with Crippen molar-refractivity contribution >= 4 is 50.6 Å². The number of esters is 1. The van der Waals surface area contributed by atoms with Crippen LogP contribution in [0.5, 0.6) is 0 Å². The van der Waals surface area contributed by atoms with Crippen LogP contribution in [0.4, 0.5) is 0 Å². The minimum atomic E-state index is -3.58. The first-order valence-corrected chi connectivity index (χ1v) is 11.4. The summed E-state index contributed by atoms with van der Waals surface area (Å²) in [5.41, 5.74) is 0.897.